The summed E-state index contributed by atoms with van der Waals surface area (Å²) < 4.78 is 10.1. The molecule has 0 aliphatic heterocycles. The molecule has 0 bridgehead atoms. The van der Waals surface area contributed by atoms with Crippen LogP contribution in [0.4, 0.5) is 5.69 Å². The number of ether oxygens (including phenoxy) is 2. The van der Waals surface area contributed by atoms with E-state index in [1.54, 1.807) is 7.11 Å². The predicted octanol–water partition coefficient (Wildman–Crippen LogP) is 2.48. The fourth-order valence-electron chi connectivity index (χ4n) is 1.99. The lowest BCUT2D eigenvalue weighted by molar-refractivity contribution is -0.114. The number of hydrogen-bond acceptors (Lipinski definition) is 4. The standard InChI is InChI=1S/C15H25NO3/c1-11-6-5-7-12(2)15(11)16-13(3)10-14(17)19-9-8-18-4/h5-7,13-14,16-17H,8-10H2,1-4H3. The molecule has 4 heteroatoms. The molecule has 0 heterocycles. The SMILES string of the molecule is COCCOC(O)CC(C)Nc1c(C)cccc1C. The molecule has 1 aromatic carbocycles. The minimum absolute atomic E-state index is 0.136. The summed E-state index contributed by atoms with van der Waals surface area (Å²) in [6.07, 6.45) is -0.223. The van der Waals surface area contributed by atoms with Crippen molar-refractivity contribution in [3.05, 3.63) is 29.3 Å². The first kappa shape index (κ1) is 16.0. The van der Waals surface area contributed by atoms with Gasteiger partial charge in [0, 0.05) is 25.3 Å². The predicted molar refractivity (Wildman–Crippen MR) is 77.5 cm³/mol. The smallest absolute Gasteiger partial charge is 0.156 e. The van der Waals surface area contributed by atoms with E-state index in [2.05, 4.69) is 31.3 Å². The molecular weight excluding hydrogens is 242 g/mol. The number of para-hydroxylation sites is 1. The maximum Gasteiger partial charge on any atom is 0.156 e. The van der Waals surface area contributed by atoms with Crippen LogP contribution in [0, 0.1) is 13.8 Å². The van der Waals surface area contributed by atoms with E-state index in [4.69, 9.17) is 9.47 Å². The Kier molecular flexibility index (Phi) is 6.84. The van der Waals surface area contributed by atoms with Gasteiger partial charge in [-0.3, -0.25) is 0 Å². The van der Waals surface area contributed by atoms with Gasteiger partial charge >= 0.3 is 0 Å². The molecule has 108 valence electrons. The number of hydrogen-bond donors (Lipinski definition) is 2. The summed E-state index contributed by atoms with van der Waals surface area (Å²) in [4.78, 5) is 0. The Morgan fingerprint density at radius 3 is 2.42 bits per heavy atom. The molecule has 0 aromatic heterocycles. The van der Waals surface area contributed by atoms with Crippen LogP contribution in [0.15, 0.2) is 18.2 Å². The van der Waals surface area contributed by atoms with Crippen molar-refractivity contribution in [1.82, 2.24) is 0 Å². The van der Waals surface area contributed by atoms with Gasteiger partial charge in [0.05, 0.1) is 13.2 Å². The lowest BCUT2D eigenvalue weighted by Crippen LogP contribution is -2.26. The Morgan fingerprint density at radius 1 is 1.21 bits per heavy atom. The number of rotatable bonds is 8. The van der Waals surface area contributed by atoms with Gasteiger partial charge in [-0.1, -0.05) is 18.2 Å². The summed E-state index contributed by atoms with van der Waals surface area (Å²) in [5, 5.41) is 13.2. The molecule has 2 unspecified atom stereocenters. The number of aryl methyl sites for hydroxylation is 2. The molecule has 19 heavy (non-hydrogen) atoms. The van der Waals surface area contributed by atoms with Crippen LogP contribution in [0.3, 0.4) is 0 Å². The van der Waals surface area contributed by atoms with E-state index in [0.29, 0.717) is 19.6 Å². The Bertz CT molecular complexity index is 361. The lowest BCUT2D eigenvalue weighted by atomic mass is 10.1. The highest BCUT2D eigenvalue weighted by Crippen LogP contribution is 2.21. The number of anilines is 1. The molecule has 0 aliphatic carbocycles. The first-order valence-electron chi connectivity index (χ1n) is 6.66. The van der Waals surface area contributed by atoms with E-state index >= 15 is 0 Å². The highest BCUT2D eigenvalue weighted by Gasteiger charge is 2.12. The van der Waals surface area contributed by atoms with Gasteiger partial charge in [0.2, 0.25) is 0 Å². The van der Waals surface area contributed by atoms with Gasteiger partial charge in [-0.2, -0.15) is 0 Å². The van der Waals surface area contributed by atoms with Crippen molar-refractivity contribution >= 4 is 5.69 Å². The van der Waals surface area contributed by atoms with E-state index in [0.717, 1.165) is 5.69 Å². The summed E-state index contributed by atoms with van der Waals surface area (Å²) in [7, 11) is 1.61. The highest BCUT2D eigenvalue weighted by molar-refractivity contribution is 5.57. The van der Waals surface area contributed by atoms with Crippen LogP contribution < -0.4 is 5.32 Å². The van der Waals surface area contributed by atoms with Crippen molar-refractivity contribution in [3.63, 3.8) is 0 Å². The van der Waals surface area contributed by atoms with Crippen LogP contribution in [-0.2, 0) is 9.47 Å². The first-order chi connectivity index (χ1) is 9.04. The first-order valence-corrected chi connectivity index (χ1v) is 6.66. The van der Waals surface area contributed by atoms with Crippen molar-refractivity contribution in [2.24, 2.45) is 0 Å². The van der Waals surface area contributed by atoms with Gasteiger partial charge in [-0.15, -0.1) is 0 Å². The third-order valence-electron chi connectivity index (χ3n) is 3.02. The molecule has 2 N–H and O–H groups in total. The zero-order chi connectivity index (χ0) is 14.3. The second-order valence-electron chi connectivity index (χ2n) is 4.87. The minimum atomic E-state index is -0.762. The summed E-state index contributed by atoms with van der Waals surface area (Å²) in [6.45, 7) is 7.10. The average molecular weight is 267 g/mol. The minimum Gasteiger partial charge on any atom is -0.382 e. The zero-order valence-corrected chi connectivity index (χ0v) is 12.3. The molecule has 1 aromatic rings. The molecule has 4 nitrogen and oxygen atoms in total. The van der Waals surface area contributed by atoms with E-state index in [-0.39, 0.29) is 6.04 Å². The molecule has 0 aliphatic rings. The molecule has 0 spiro atoms. The molecule has 0 radical (unpaired) electrons. The van der Waals surface area contributed by atoms with Crippen LogP contribution in [0.5, 0.6) is 0 Å². The van der Waals surface area contributed by atoms with Crippen molar-refractivity contribution in [3.8, 4) is 0 Å². The second kappa shape index (κ2) is 8.15. The van der Waals surface area contributed by atoms with Gasteiger partial charge in [-0.05, 0) is 31.9 Å². The summed E-state index contributed by atoms with van der Waals surface area (Å²) in [6, 6.07) is 6.34. The number of methoxy groups -OCH3 is 1. The molecule has 1 rings (SSSR count). The van der Waals surface area contributed by atoms with Gasteiger partial charge in [0.15, 0.2) is 6.29 Å². The zero-order valence-electron chi connectivity index (χ0n) is 12.3. The normalized spacial score (nSPS) is 14.2. The van der Waals surface area contributed by atoms with Gasteiger partial charge in [0.1, 0.15) is 0 Å². The molecule has 2 atom stereocenters. The Hall–Kier alpha value is -1.10. The maximum absolute atomic E-state index is 9.75. The van der Waals surface area contributed by atoms with Crippen LogP contribution in [0.25, 0.3) is 0 Å². The van der Waals surface area contributed by atoms with Crippen molar-refractivity contribution in [2.75, 3.05) is 25.6 Å². The third-order valence-corrected chi connectivity index (χ3v) is 3.02. The number of aliphatic hydroxyl groups is 1. The summed E-state index contributed by atoms with van der Waals surface area (Å²) in [5.74, 6) is 0. The molecule has 0 amide bonds. The fraction of sp³-hybridized carbons (Fsp3) is 0.600. The largest absolute Gasteiger partial charge is 0.382 e. The van der Waals surface area contributed by atoms with Gasteiger partial charge < -0.3 is 19.9 Å². The Morgan fingerprint density at radius 2 is 1.84 bits per heavy atom. The highest BCUT2D eigenvalue weighted by atomic mass is 16.6. The van der Waals surface area contributed by atoms with E-state index < -0.39 is 6.29 Å². The van der Waals surface area contributed by atoms with Crippen molar-refractivity contribution in [2.45, 2.75) is 39.5 Å². The van der Waals surface area contributed by atoms with Crippen LogP contribution >= 0.6 is 0 Å². The molecule has 0 saturated heterocycles. The van der Waals surface area contributed by atoms with E-state index in [1.165, 1.54) is 11.1 Å². The van der Waals surface area contributed by atoms with Crippen LogP contribution in [0.2, 0.25) is 0 Å². The molecule has 0 fully saturated rings. The fourth-order valence-corrected chi connectivity index (χ4v) is 1.99. The van der Waals surface area contributed by atoms with Gasteiger partial charge in [-0.25, -0.2) is 0 Å². The lowest BCUT2D eigenvalue weighted by Gasteiger charge is -2.21. The van der Waals surface area contributed by atoms with Crippen LogP contribution in [-0.4, -0.2) is 37.8 Å². The third kappa shape index (κ3) is 5.59. The quantitative estimate of drug-likeness (QED) is 0.561. The molecule has 0 saturated carbocycles. The van der Waals surface area contributed by atoms with Crippen molar-refractivity contribution in [1.29, 1.82) is 0 Å². The summed E-state index contributed by atoms with van der Waals surface area (Å²) >= 11 is 0. The Labute approximate surface area is 115 Å². The average Bonchev–Trinajstić information content (AvgIpc) is 2.34. The van der Waals surface area contributed by atoms with Crippen LogP contribution in [0.1, 0.15) is 24.5 Å². The second-order valence-corrected chi connectivity index (χ2v) is 4.87. The topological polar surface area (TPSA) is 50.7 Å². The van der Waals surface area contributed by atoms with E-state index in [1.807, 2.05) is 13.0 Å². The Balaban J connectivity index is 2.44. The monoisotopic (exact) mass is 267 g/mol. The number of nitrogens with one attached hydrogen (secondary N) is 1. The van der Waals surface area contributed by atoms with Gasteiger partial charge in [0.25, 0.3) is 0 Å². The summed E-state index contributed by atoms with van der Waals surface area (Å²) in [5.41, 5.74) is 3.56. The molecular formula is C15H25NO3. The van der Waals surface area contributed by atoms with E-state index in [9.17, 15) is 5.11 Å². The number of benzene rings is 1. The maximum atomic E-state index is 9.75. The number of aliphatic hydroxyl groups excluding tert-OH is 1. The van der Waals surface area contributed by atoms with Crippen molar-refractivity contribution < 1.29 is 14.6 Å².